The first-order chi connectivity index (χ1) is 8.66. The minimum absolute atomic E-state index is 0.0468. The van der Waals surface area contributed by atoms with Gasteiger partial charge in [-0.25, -0.2) is 13.2 Å². The Morgan fingerprint density at radius 3 is 2.28 bits per heavy atom. The van der Waals surface area contributed by atoms with Gasteiger partial charge in [-0.2, -0.15) is 0 Å². The molecule has 0 bridgehead atoms. The topological polar surface area (TPSA) is 3.01 Å². The maximum Gasteiger partial charge on any atom is 0.161 e. The van der Waals surface area contributed by atoms with Crippen molar-refractivity contribution in [3.05, 3.63) is 65.5 Å². The number of anilines is 1. The molecule has 2 aromatic rings. The molecule has 3 rings (SSSR count). The van der Waals surface area contributed by atoms with Gasteiger partial charge >= 0.3 is 0 Å². The van der Waals surface area contributed by atoms with E-state index < -0.39 is 17.5 Å². The van der Waals surface area contributed by atoms with Crippen LogP contribution >= 0.6 is 0 Å². The summed E-state index contributed by atoms with van der Waals surface area (Å²) in [4.78, 5) is 1.70. The quantitative estimate of drug-likeness (QED) is 0.579. The Morgan fingerprint density at radius 2 is 1.56 bits per heavy atom. The smallest absolute Gasteiger partial charge is 0.161 e. The second-order valence-electron chi connectivity index (χ2n) is 4.30. The fourth-order valence-electron chi connectivity index (χ4n) is 2.10. The van der Waals surface area contributed by atoms with Gasteiger partial charge in [-0.1, -0.05) is 30.3 Å². The van der Waals surface area contributed by atoms with E-state index in [0.29, 0.717) is 12.6 Å². The minimum Gasteiger partial charge on any atom is -0.358 e. The van der Waals surface area contributed by atoms with Crippen molar-refractivity contribution >= 4 is 5.69 Å². The fourth-order valence-corrected chi connectivity index (χ4v) is 2.10. The summed E-state index contributed by atoms with van der Waals surface area (Å²) >= 11 is 0. The van der Waals surface area contributed by atoms with Crippen molar-refractivity contribution in [2.75, 3.05) is 11.4 Å². The highest BCUT2D eigenvalue weighted by atomic mass is 19.2. The van der Waals surface area contributed by atoms with Crippen molar-refractivity contribution in [1.82, 2.24) is 0 Å². The van der Waals surface area contributed by atoms with Crippen LogP contribution in [0.4, 0.5) is 18.9 Å². The predicted octanol–water partition coefficient (Wildman–Crippen LogP) is 3.67. The molecule has 1 saturated heterocycles. The van der Waals surface area contributed by atoms with Gasteiger partial charge in [0.25, 0.3) is 0 Å². The number of nitrogens with zero attached hydrogens (tertiary/aromatic N) is 1. The first-order valence-electron chi connectivity index (χ1n) is 5.63. The summed E-state index contributed by atoms with van der Waals surface area (Å²) in [5.74, 6) is -2.91. The summed E-state index contributed by atoms with van der Waals surface area (Å²) in [6.45, 7) is 0.617. The molecule has 18 heavy (non-hydrogen) atoms. The minimum atomic E-state index is -1.16. The van der Waals surface area contributed by atoms with Gasteiger partial charge in [-0.15, -0.1) is 0 Å². The summed E-state index contributed by atoms with van der Waals surface area (Å²) in [5, 5.41) is 0. The third kappa shape index (κ3) is 1.83. The highest BCUT2D eigenvalue weighted by molar-refractivity contribution is 5.57. The Labute approximate surface area is 102 Å². The zero-order valence-electron chi connectivity index (χ0n) is 9.41. The molecule has 0 aromatic heterocycles. The molecule has 0 spiro atoms. The average molecular weight is 249 g/mol. The number of rotatable bonds is 2. The molecule has 1 atom stereocenters. The molecule has 0 aliphatic carbocycles. The summed E-state index contributed by atoms with van der Waals surface area (Å²) < 4.78 is 39.5. The van der Waals surface area contributed by atoms with Gasteiger partial charge in [0.15, 0.2) is 11.6 Å². The van der Waals surface area contributed by atoms with Crippen LogP contribution in [0.2, 0.25) is 0 Å². The van der Waals surface area contributed by atoms with Gasteiger partial charge in [0, 0.05) is 18.7 Å². The normalized spacial score (nSPS) is 17.9. The van der Waals surface area contributed by atoms with Crippen LogP contribution in [0.15, 0.2) is 42.5 Å². The molecule has 1 nitrogen and oxygen atoms in total. The molecule has 0 N–H and O–H groups in total. The second-order valence-corrected chi connectivity index (χ2v) is 4.30. The molecule has 2 aromatic carbocycles. The van der Waals surface area contributed by atoms with E-state index in [1.807, 2.05) is 30.3 Å². The van der Waals surface area contributed by atoms with Crippen LogP contribution in [0.25, 0.3) is 0 Å². The van der Waals surface area contributed by atoms with Crippen molar-refractivity contribution in [2.24, 2.45) is 0 Å². The summed E-state index contributed by atoms with van der Waals surface area (Å²) in [7, 11) is 0. The zero-order valence-corrected chi connectivity index (χ0v) is 9.41. The lowest BCUT2D eigenvalue weighted by atomic mass is 10.1. The second kappa shape index (κ2) is 4.05. The molecular formula is C14H10F3N. The Kier molecular flexibility index (Phi) is 2.51. The summed E-state index contributed by atoms with van der Waals surface area (Å²) in [5.41, 5.74) is 1.16. The first kappa shape index (κ1) is 11.1. The van der Waals surface area contributed by atoms with Crippen LogP contribution in [-0.2, 0) is 0 Å². The van der Waals surface area contributed by atoms with Gasteiger partial charge in [0.2, 0.25) is 0 Å². The monoisotopic (exact) mass is 249 g/mol. The van der Waals surface area contributed by atoms with E-state index >= 15 is 0 Å². The third-order valence-electron chi connectivity index (χ3n) is 3.10. The summed E-state index contributed by atoms with van der Waals surface area (Å²) in [6.07, 6.45) is 0. The fraction of sp³-hybridized carbons (Fsp3) is 0.143. The lowest BCUT2D eigenvalue weighted by Crippen LogP contribution is -2.00. The molecular weight excluding hydrogens is 239 g/mol. The molecule has 4 heteroatoms. The lowest BCUT2D eigenvalue weighted by Gasteiger charge is -2.08. The first-order valence-corrected chi connectivity index (χ1v) is 5.63. The highest BCUT2D eigenvalue weighted by Crippen LogP contribution is 2.41. The van der Waals surface area contributed by atoms with E-state index in [0.717, 1.165) is 11.6 Å². The largest absolute Gasteiger partial charge is 0.358 e. The van der Waals surface area contributed by atoms with Gasteiger partial charge < -0.3 is 4.90 Å². The maximum absolute atomic E-state index is 13.6. The molecule has 1 aliphatic rings. The molecule has 1 aliphatic heterocycles. The molecule has 92 valence electrons. The van der Waals surface area contributed by atoms with E-state index in [1.54, 1.807) is 4.90 Å². The molecule has 0 saturated carbocycles. The summed E-state index contributed by atoms with van der Waals surface area (Å²) in [6, 6.07) is 11.1. The van der Waals surface area contributed by atoms with E-state index in [1.165, 1.54) is 0 Å². The Bertz CT molecular complexity index is 583. The third-order valence-corrected chi connectivity index (χ3v) is 3.10. The van der Waals surface area contributed by atoms with Crippen molar-refractivity contribution in [3.8, 4) is 0 Å². The van der Waals surface area contributed by atoms with Crippen LogP contribution < -0.4 is 4.90 Å². The van der Waals surface area contributed by atoms with Crippen LogP contribution in [-0.4, -0.2) is 6.54 Å². The predicted molar refractivity (Wildman–Crippen MR) is 62.8 cm³/mol. The Morgan fingerprint density at radius 1 is 0.889 bits per heavy atom. The van der Waals surface area contributed by atoms with Crippen molar-refractivity contribution < 1.29 is 13.2 Å². The number of hydrogen-bond donors (Lipinski definition) is 0. The van der Waals surface area contributed by atoms with Gasteiger partial charge in [-0.05, 0) is 5.56 Å². The Hall–Kier alpha value is -1.97. The lowest BCUT2D eigenvalue weighted by molar-refractivity contribution is 0.495. The number of hydrogen-bond acceptors (Lipinski definition) is 1. The van der Waals surface area contributed by atoms with E-state index in [4.69, 9.17) is 0 Å². The van der Waals surface area contributed by atoms with Crippen molar-refractivity contribution in [1.29, 1.82) is 0 Å². The number of halogens is 3. The van der Waals surface area contributed by atoms with E-state index in [9.17, 15) is 13.2 Å². The van der Waals surface area contributed by atoms with Crippen LogP contribution in [0.3, 0.4) is 0 Å². The van der Waals surface area contributed by atoms with Gasteiger partial charge in [0.1, 0.15) is 5.82 Å². The maximum atomic E-state index is 13.6. The molecule has 1 heterocycles. The highest BCUT2D eigenvalue weighted by Gasteiger charge is 2.37. The van der Waals surface area contributed by atoms with Crippen LogP contribution in [0.5, 0.6) is 0 Å². The van der Waals surface area contributed by atoms with Crippen molar-refractivity contribution in [2.45, 2.75) is 6.04 Å². The van der Waals surface area contributed by atoms with Gasteiger partial charge in [-0.3, -0.25) is 0 Å². The SMILES string of the molecule is Fc1cc(F)c(N2CC2c2ccccc2)cc1F. The van der Waals surface area contributed by atoms with Crippen molar-refractivity contribution in [3.63, 3.8) is 0 Å². The van der Waals surface area contributed by atoms with E-state index in [2.05, 4.69) is 0 Å². The molecule has 0 amide bonds. The Balaban J connectivity index is 1.89. The standard InChI is InChI=1S/C14H10F3N/c15-10-6-12(17)13(7-11(10)16)18-8-14(18)9-4-2-1-3-5-9/h1-7,14H,8H2. The van der Waals surface area contributed by atoms with Gasteiger partial charge in [0.05, 0.1) is 11.7 Å². The average Bonchev–Trinajstić information content (AvgIpc) is 3.15. The molecule has 0 radical (unpaired) electrons. The zero-order chi connectivity index (χ0) is 12.7. The van der Waals surface area contributed by atoms with Crippen LogP contribution in [0, 0.1) is 17.5 Å². The molecule has 1 unspecified atom stereocenters. The number of benzene rings is 2. The van der Waals surface area contributed by atoms with E-state index in [-0.39, 0.29) is 11.7 Å². The molecule has 1 fully saturated rings. The van der Waals surface area contributed by atoms with Crippen LogP contribution in [0.1, 0.15) is 11.6 Å².